The maximum Gasteiger partial charge on any atom is 0.261 e. The van der Waals surface area contributed by atoms with Crippen LogP contribution in [0.4, 0.5) is 22.0 Å². The van der Waals surface area contributed by atoms with Gasteiger partial charge in [0.15, 0.2) is 5.82 Å². The van der Waals surface area contributed by atoms with Crippen LogP contribution in [-0.4, -0.2) is 39.9 Å². The van der Waals surface area contributed by atoms with Gasteiger partial charge in [-0.2, -0.15) is 15.2 Å². The van der Waals surface area contributed by atoms with Gasteiger partial charge >= 0.3 is 0 Å². The number of nitrogen functional groups attached to an aromatic ring is 2. The van der Waals surface area contributed by atoms with Crippen LogP contribution in [0.5, 0.6) is 0 Å². The van der Waals surface area contributed by atoms with E-state index in [1.54, 1.807) is 0 Å². The fourth-order valence-corrected chi connectivity index (χ4v) is 4.79. The summed E-state index contributed by atoms with van der Waals surface area (Å²) >= 11 is 6.23. The lowest BCUT2D eigenvalue weighted by atomic mass is 10.1. The predicted octanol–water partition coefficient (Wildman–Crippen LogP) is 2.01. The molecule has 1 unspecified atom stereocenters. The van der Waals surface area contributed by atoms with Gasteiger partial charge in [0.05, 0.1) is 27.7 Å². The highest BCUT2D eigenvalue weighted by Crippen LogP contribution is 2.43. The van der Waals surface area contributed by atoms with E-state index >= 15 is 0 Å². The summed E-state index contributed by atoms with van der Waals surface area (Å²) in [6, 6.07) is 3.44. The number of hydrogen-bond donors (Lipinski definition) is 3. The van der Waals surface area contributed by atoms with E-state index in [9.17, 15) is 22.9 Å². The maximum absolute atomic E-state index is 14.0. The zero-order chi connectivity index (χ0) is 25.5. The molecule has 0 amide bonds. The Balaban J connectivity index is 1.89. The Morgan fingerprint density at radius 3 is 2.66 bits per heavy atom. The van der Waals surface area contributed by atoms with Crippen molar-refractivity contribution in [3.8, 4) is 6.07 Å². The molecule has 0 radical (unpaired) electrons. The lowest BCUT2D eigenvalue weighted by molar-refractivity contribution is 0.533. The summed E-state index contributed by atoms with van der Waals surface area (Å²) in [5.41, 5.74) is 11.1. The van der Waals surface area contributed by atoms with Crippen molar-refractivity contribution in [3.05, 3.63) is 44.7 Å². The number of sulfone groups is 1. The van der Waals surface area contributed by atoms with E-state index in [-0.39, 0.29) is 69.5 Å². The van der Waals surface area contributed by atoms with E-state index in [1.807, 2.05) is 6.07 Å². The van der Waals surface area contributed by atoms with E-state index in [0.717, 1.165) is 31.2 Å². The molecule has 1 saturated carbocycles. The Kier molecular flexibility index (Phi) is 6.52. The Bertz CT molecular complexity index is 1530. The molecule has 1 fully saturated rings. The summed E-state index contributed by atoms with van der Waals surface area (Å²) < 4.78 is 38.7. The third kappa shape index (κ3) is 5.28. The number of nitrogens with zero attached hydrogens (tertiary/aromatic N) is 5. The number of fused-ring (bicyclic) bond motifs is 1. The van der Waals surface area contributed by atoms with Crippen LogP contribution in [0, 0.1) is 23.1 Å². The molecular formula is C21H22ClFN8O3S. The first-order chi connectivity index (χ1) is 16.5. The van der Waals surface area contributed by atoms with E-state index in [4.69, 9.17) is 23.1 Å². The summed E-state index contributed by atoms with van der Waals surface area (Å²) in [6.07, 6.45) is 2.83. The number of aromatic nitrogens is 4. The van der Waals surface area contributed by atoms with E-state index in [0.29, 0.717) is 0 Å². The molecule has 0 saturated heterocycles. The average Bonchev–Trinajstić information content (AvgIpc) is 3.58. The molecule has 4 rings (SSSR count). The second kappa shape index (κ2) is 9.27. The average molecular weight is 521 g/mol. The quantitative estimate of drug-likeness (QED) is 0.397. The van der Waals surface area contributed by atoms with Crippen LogP contribution < -0.4 is 22.3 Å². The first-order valence-corrected chi connectivity index (χ1v) is 13.1. The minimum absolute atomic E-state index is 0.0162. The molecule has 1 aliphatic rings. The standard InChI is InChI=1S/C21H22ClFN8O3S/c1-35(33,34)6-2-5-31-19(28-16-12(20(31)32)7-11(23)8-14(16)22)15(10-3-4-10)27-18-13(9-24)17(25)29-21(26)30-18/h7-8,10,15H,2-6H2,1H3,(H5,25,26,27,29,30). The molecule has 11 nitrogen and oxygen atoms in total. The number of halogens is 2. The van der Waals surface area contributed by atoms with Crippen LogP contribution in [0.3, 0.4) is 0 Å². The van der Waals surface area contributed by atoms with E-state index < -0.39 is 27.3 Å². The first kappa shape index (κ1) is 24.6. The Morgan fingerprint density at radius 1 is 1.31 bits per heavy atom. The summed E-state index contributed by atoms with van der Waals surface area (Å²) in [5, 5.41) is 12.6. The number of nitrogens with two attached hydrogens (primary N) is 2. The molecule has 35 heavy (non-hydrogen) atoms. The van der Waals surface area contributed by atoms with Gasteiger partial charge in [0.2, 0.25) is 5.95 Å². The van der Waals surface area contributed by atoms with Crippen molar-refractivity contribution in [1.82, 2.24) is 19.5 Å². The van der Waals surface area contributed by atoms with Crippen molar-refractivity contribution < 1.29 is 12.8 Å². The SMILES string of the molecule is CS(=O)(=O)CCCn1c(C(Nc2nc(N)nc(N)c2C#N)C2CC2)nc2c(Cl)cc(F)cc2c1=O. The Morgan fingerprint density at radius 2 is 2.03 bits per heavy atom. The van der Waals surface area contributed by atoms with Crippen LogP contribution in [0.15, 0.2) is 16.9 Å². The van der Waals surface area contributed by atoms with Crippen molar-refractivity contribution in [3.63, 3.8) is 0 Å². The zero-order valence-corrected chi connectivity index (χ0v) is 20.2. The number of rotatable bonds is 8. The van der Waals surface area contributed by atoms with Crippen LogP contribution in [0.1, 0.15) is 36.7 Å². The molecule has 3 aromatic rings. The van der Waals surface area contributed by atoms with Gasteiger partial charge in [0.25, 0.3) is 5.56 Å². The molecule has 184 valence electrons. The van der Waals surface area contributed by atoms with Gasteiger partial charge in [0.1, 0.15) is 38.9 Å². The summed E-state index contributed by atoms with van der Waals surface area (Å²) in [4.78, 5) is 26.0. The van der Waals surface area contributed by atoms with E-state index in [1.165, 1.54) is 4.57 Å². The highest BCUT2D eigenvalue weighted by molar-refractivity contribution is 7.90. The summed E-state index contributed by atoms with van der Waals surface area (Å²) in [6.45, 7) is 0.0162. The Hall–Kier alpha value is -3.50. The predicted molar refractivity (Wildman–Crippen MR) is 130 cm³/mol. The summed E-state index contributed by atoms with van der Waals surface area (Å²) in [5.74, 6) is -0.743. The molecular weight excluding hydrogens is 499 g/mol. The normalized spacial score (nSPS) is 14.6. The molecule has 5 N–H and O–H groups in total. The van der Waals surface area contributed by atoms with Gasteiger partial charge in [-0.25, -0.2) is 17.8 Å². The number of anilines is 3. The van der Waals surface area contributed by atoms with Crippen LogP contribution in [0.25, 0.3) is 10.9 Å². The largest absolute Gasteiger partial charge is 0.382 e. The van der Waals surface area contributed by atoms with Crippen LogP contribution >= 0.6 is 11.6 Å². The van der Waals surface area contributed by atoms with Crippen molar-refractivity contribution in [2.24, 2.45) is 5.92 Å². The smallest absolute Gasteiger partial charge is 0.261 e. The first-order valence-electron chi connectivity index (χ1n) is 10.7. The second-order valence-electron chi connectivity index (χ2n) is 8.46. The van der Waals surface area contributed by atoms with Crippen molar-refractivity contribution in [2.45, 2.75) is 31.8 Å². The summed E-state index contributed by atoms with van der Waals surface area (Å²) in [7, 11) is -3.28. The molecule has 2 aromatic heterocycles. The number of hydrogen-bond acceptors (Lipinski definition) is 10. The monoisotopic (exact) mass is 520 g/mol. The minimum Gasteiger partial charge on any atom is -0.382 e. The topological polar surface area (TPSA) is 183 Å². The minimum atomic E-state index is -3.28. The van der Waals surface area contributed by atoms with Gasteiger partial charge < -0.3 is 16.8 Å². The third-order valence-electron chi connectivity index (χ3n) is 5.63. The Labute approximate surface area is 204 Å². The van der Waals surface area contributed by atoms with Gasteiger partial charge in [-0.3, -0.25) is 9.36 Å². The molecule has 0 aliphatic heterocycles. The van der Waals surface area contributed by atoms with Crippen LogP contribution in [0.2, 0.25) is 5.02 Å². The number of benzene rings is 1. The van der Waals surface area contributed by atoms with Gasteiger partial charge in [0, 0.05) is 12.8 Å². The van der Waals surface area contributed by atoms with Gasteiger partial charge in [-0.15, -0.1) is 0 Å². The molecule has 0 spiro atoms. The molecule has 1 aromatic carbocycles. The van der Waals surface area contributed by atoms with Crippen molar-refractivity contribution in [2.75, 3.05) is 28.8 Å². The maximum atomic E-state index is 14.0. The lowest BCUT2D eigenvalue weighted by Gasteiger charge is -2.24. The van der Waals surface area contributed by atoms with E-state index in [2.05, 4.69) is 20.3 Å². The van der Waals surface area contributed by atoms with Gasteiger partial charge in [-0.05, 0) is 37.3 Å². The number of nitriles is 1. The highest BCUT2D eigenvalue weighted by atomic mass is 35.5. The van der Waals surface area contributed by atoms with Gasteiger partial charge in [-0.1, -0.05) is 11.6 Å². The molecule has 14 heteroatoms. The highest BCUT2D eigenvalue weighted by Gasteiger charge is 2.37. The lowest BCUT2D eigenvalue weighted by Crippen LogP contribution is -2.31. The fraction of sp³-hybridized carbons (Fsp3) is 0.381. The third-order valence-corrected chi connectivity index (χ3v) is 6.95. The molecule has 1 aliphatic carbocycles. The van der Waals surface area contributed by atoms with Crippen LogP contribution in [-0.2, 0) is 16.4 Å². The van der Waals surface area contributed by atoms with Crippen molar-refractivity contribution >= 4 is 49.9 Å². The molecule has 2 heterocycles. The zero-order valence-electron chi connectivity index (χ0n) is 18.6. The number of nitrogens with one attached hydrogen (secondary N) is 1. The van der Waals surface area contributed by atoms with Crippen molar-refractivity contribution in [1.29, 1.82) is 5.26 Å². The molecule has 0 bridgehead atoms. The molecule has 1 atom stereocenters. The second-order valence-corrected chi connectivity index (χ2v) is 11.1. The fourth-order valence-electron chi connectivity index (χ4n) is 3.89.